The van der Waals surface area contributed by atoms with E-state index in [-0.39, 0.29) is 24.8 Å². The summed E-state index contributed by atoms with van der Waals surface area (Å²) < 4.78 is 11.4. The Bertz CT molecular complexity index is 687. The molecule has 1 fully saturated rings. The number of aryl methyl sites for hydroxylation is 1. The van der Waals surface area contributed by atoms with Gasteiger partial charge in [0.1, 0.15) is 18.1 Å². The van der Waals surface area contributed by atoms with Gasteiger partial charge in [0, 0.05) is 32.7 Å². The Morgan fingerprint density at radius 3 is 2.33 bits per heavy atom. The summed E-state index contributed by atoms with van der Waals surface area (Å²) in [5.41, 5.74) is 2.25. The summed E-state index contributed by atoms with van der Waals surface area (Å²) in [7, 11) is 1.73. The molecule has 0 aliphatic carbocycles. The summed E-state index contributed by atoms with van der Waals surface area (Å²) in [5.74, 6) is 1.74. The van der Waals surface area contributed by atoms with E-state index in [2.05, 4.69) is 21.9 Å². The molecule has 0 spiro atoms. The van der Waals surface area contributed by atoms with E-state index in [9.17, 15) is 0 Å². The lowest BCUT2D eigenvalue weighted by molar-refractivity contribution is 0.200. The first-order valence-electron chi connectivity index (χ1n) is 8.67. The molecular formula is C20H27Cl3N2O2. The van der Waals surface area contributed by atoms with Crippen molar-refractivity contribution < 1.29 is 9.47 Å². The Morgan fingerprint density at radius 1 is 0.963 bits per heavy atom. The van der Waals surface area contributed by atoms with Gasteiger partial charge in [0.2, 0.25) is 0 Å². The lowest BCUT2D eigenvalue weighted by Crippen LogP contribution is -2.47. The van der Waals surface area contributed by atoms with Crippen LogP contribution in [0.4, 0.5) is 5.69 Å². The van der Waals surface area contributed by atoms with E-state index in [1.807, 2.05) is 37.3 Å². The van der Waals surface area contributed by atoms with Gasteiger partial charge in [0.25, 0.3) is 0 Å². The maximum absolute atomic E-state index is 6.21. The lowest BCUT2D eigenvalue weighted by Gasteiger charge is -2.36. The van der Waals surface area contributed by atoms with Crippen molar-refractivity contribution in [3.8, 4) is 11.5 Å². The summed E-state index contributed by atoms with van der Waals surface area (Å²) in [5, 5.41) is 0.681. The number of nitrogens with zero attached hydrogens (tertiary/aromatic N) is 2. The van der Waals surface area contributed by atoms with E-state index < -0.39 is 0 Å². The summed E-state index contributed by atoms with van der Waals surface area (Å²) in [6.07, 6.45) is 0. The fraction of sp³-hybridized carbons (Fsp3) is 0.400. The minimum Gasteiger partial charge on any atom is -0.495 e. The van der Waals surface area contributed by atoms with Crippen LogP contribution in [0.5, 0.6) is 11.5 Å². The van der Waals surface area contributed by atoms with Crippen LogP contribution in [0, 0.1) is 6.92 Å². The lowest BCUT2D eigenvalue weighted by atomic mass is 10.2. The number of halogens is 3. The number of methoxy groups -OCH3 is 1. The van der Waals surface area contributed by atoms with Gasteiger partial charge in [-0.3, -0.25) is 4.90 Å². The van der Waals surface area contributed by atoms with Crippen molar-refractivity contribution in [3.05, 3.63) is 53.1 Å². The second-order valence-corrected chi connectivity index (χ2v) is 6.64. The molecule has 7 heteroatoms. The van der Waals surface area contributed by atoms with Crippen molar-refractivity contribution in [1.82, 2.24) is 4.90 Å². The van der Waals surface area contributed by atoms with Crippen LogP contribution in [0.3, 0.4) is 0 Å². The van der Waals surface area contributed by atoms with E-state index in [0.29, 0.717) is 11.6 Å². The molecule has 0 amide bonds. The maximum atomic E-state index is 6.21. The molecule has 1 saturated heterocycles. The van der Waals surface area contributed by atoms with Crippen molar-refractivity contribution in [1.29, 1.82) is 0 Å². The van der Waals surface area contributed by atoms with Gasteiger partial charge in [-0.25, -0.2) is 0 Å². The highest BCUT2D eigenvalue weighted by Gasteiger charge is 2.19. The standard InChI is InChI=1S/C20H25ClN2O2.2ClH/c1-16-6-5-7-17(21)20(16)25-15-14-22-10-12-23(13-11-22)18-8-3-4-9-19(18)24-2;;/h3-9H,10-15H2,1-2H3;2*1H. The molecule has 2 aromatic carbocycles. The van der Waals surface area contributed by atoms with E-state index in [0.717, 1.165) is 49.8 Å². The number of piperazine rings is 1. The van der Waals surface area contributed by atoms with Crippen LogP contribution in [0.1, 0.15) is 5.56 Å². The van der Waals surface area contributed by atoms with Gasteiger partial charge in [-0.15, -0.1) is 24.8 Å². The summed E-state index contributed by atoms with van der Waals surface area (Å²) in [6.45, 7) is 7.60. The van der Waals surface area contributed by atoms with Crippen LogP contribution in [-0.2, 0) is 0 Å². The molecule has 0 aromatic heterocycles. The normalized spacial score (nSPS) is 14.1. The number of rotatable bonds is 6. The van der Waals surface area contributed by atoms with E-state index >= 15 is 0 Å². The quantitative estimate of drug-likeness (QED) is 0.659. The van der Waals surface area contributed by atoms with Crippen molar-refractivity contribution in [3.63, 3.8) is 0 Å². The Labute approximate surface area is 179 Å². The summed E-state index contributed by atoms with van der Waals surface area (Å²) >= 11 is 6.21. The average Bonchev–Trinajstić information content (AvgIpc) is 2.65. The van der Waals surface area contributed by atoms with Gasteiger partial charge in [0.05, 0.1) is 17.8 Å². The third-order valence-corrected chi connectivity index (χ3v) is 4.91. The van der Waals surface area contributed by atoms with Crippen LogP contribution in [0.25, 0.3) is 0 Å². The highest BCUT2D eigenvalue weighted by Crippen LogP contribution is 2.29. The Balaban J connectivity index is 0.00000182. The SMILES string of the molecule is COc1ccccc1N1CCN(CCOc2c(C)cccc2Cl)CC1.Cl.Cl. The number of ether oxygens (including phenoxy) is 2. The molecule has 1 aliphatic rings. The molecule has 0 atom stereocenters. The Morgan fingerprint density at radius 2 is 1.67 bits per heavy atom. The van der Waals surface area contributed by atoms with E-state index in [1.54, 1.807) is 7.11 Å². The van der Waals surface area contributed by atoms with Gasteiger partial charge in [-0.2, -0.15) is 0 Å². The van der Waals surface area contributed by atoms with Crippen molar-refractivity contribution in [2.24, 2.45) is 0 Å². The predicted molar refractivity (Wildman–Crippen MR) is 118 cm³/mol. The molecular weight excluding hydrogens is 407 g/mol. The largest absolute Gasteiger partial charge is 0.495 e. The molecule has 2 aromatic rings. The first kappa shape index (κ1) is 23.7. The predicted octanol–water partition coefficient (Wildman–Crippen LogP) is 4.70. The fourth-order valence-corrected chi connectivity index (χ4v) is 3.46. The molecule has 4 nitrogen and oxygen atoms in total. The van der Waals surface area contributed by atoms with Crippen molar-refractivity contribution >= 4 is 42.1 Å². The molecule has 0 unspecified atom stereocenters. The maximum Gasteiger partial charge on any atom is 0.142 e. The minimum absolute atomic E-state index is 0. The first-order valence-corrected chi connectivity index (χ1v) is 9.05. The molecule has 0 N–H and O–H groups in total. The average molecular weight is 434 g/mol. The topological polar surface area (TPSA) is 24.9 Å². The molecule has 1 heterocycles. The van der Waals surface area contributed by atoms with Gasteiger partial charge in [-0.1, -0.05) is 35.9 Å². The Hall–Kier alpha value is -1.33. The number of anilines is 1. The van der Waals surface area contributed by atoms with Gasteiger partial charge in [-0.05, 0) is 30.7 Å². The van der Waals surface area contributed by atoms with Crippen LogP contribution >= 0.6 is 36.4 Å². The monoisotopic (exact) mass is 432 g/mol. The zero-order valence-electron chi connectivity index (χ0n) is 15.7. The second kappa shape index (κ2) is 11.5. The fourth-order valence-electron chi connectivity index (χ4n) is 3.18. The molecule has 3 rings (SSSR count). The summed E-state index contributed by atoms with van der Waals surface area (Å²) in [4.78, 5) is 4.81. The van der Waals surface area contributed by atoms with Crippen molar-refractivity contribution in [2.75, 3.05) is 51.3 Å². The van der Waals surface area contributed by atoms with Gasteiger partial charge >= 0.3 is 0 Å². The molecule has 27 heavy (non-hydrogen) atoms. The third-order valence-electron chi connectivity index (χ3n) is 4.62. The number of benzene rings is 2. The summed E-state index contributed by atoms with van der Waals surface area (Å²) in [6, 6.07) is 14.0. The van der Waals surface area contributed by atoms with Gasteiger partial charge < -0.3 is 14.4 Å². The molecule has 0 radical (unpaired) electrons. The zero-order chi connectivity index (χ0) is 17.6. The molecule has 150 valence electrons. The number of hydrogen-bond donors (Lipinski definition) is 0. The van der Waals surface area contributed by atoms with E-state index in [1.165, 1.54) is 5.69 Å². The van der Waals surface area contributed by atoms with Crippen LogP contribution in [-0.4, -0.2) is 51.3 Å². The molecule has 0 saturated carbocycles. The highest BCUT2D eigenvalue weighted by molar-refractivity contribution is 6.32. The highest BCUT2D eigenvalue weighted by atomic mass is 35.5. The first-order chi connectivity index (χ1) is 12.2. The number of hydrogen-bond acceptors (Lipinski definition) is 4. The van der Waals surface area contributed by atoms with E-state index in [4.69, 9.17) is 21.1 Å². The smallest absolute Gasteiger partial charge is 0.142 e. The van der Waals surface area contributed by atoms with Crippen molar-refractivity contribution in [2.45, 2.75) is 6.92 Å². The molecule has 1 aliphatic heterocycles. The van der Waals surface area contributed by atoms with Crippen LogP contribution in [0.2, 0.25) is 5.02 Å². The van der Waals surface area contributed by atoms with Gasteiger partial charge in [0.15, 0.2) is 0 Å². The number of para-hydroxylation sites is 3. The second-order valence-electron chi connectivity index (χ2n) is 6.23. The molecule has 0 bridgehead atoms. The van der Waals surface area contributed by atoms with Crippen LogP contribution in [0.15, 0.2) is 42.5 Å². The zero-order valence-corrected chi connectivity index (χ0v) is 18.1. The third kappa shape index (κ3) is 6.08. The Kier molecular flexibility index (Phi) is 10.1. The minimum atomic E-state index is 0. The van der Waals surface area contributed by atoms with Crippen LogP contribution < -0.4 is 14.4 Å².